The van der Waals surface area contributed by atoms with Crippen LogP contribution in [0.3, 0.4) is 0 Å². The molecule has 0 heterocycles. The number of halogens is 2. The Labute approximate surface area is 104 Å². The van der Waals surface area contributed by atoms with Crippen molar-refractivity contribution in [2.24, 2.45) is 0 Å². The summed E-state index contributed by atoms with van der Waals surface area (Å²) in [6, 6.07) is 4.42. The van der Waals surface area contributed by atoms with Crippen molar-refractivity contribution in [3.8, 4) is 0 Å². The van der Waals surface area contributed by atoms with Crippen LogP contribution in [0, 0.1) is 0 Å². The zero-order valence-corrected chi connectivity index (χ0v) is 9.98. The molecule has 0 spiro atoms. The zero-order valence-electron chi connectivity index (χ0n) is 8.46. The summed E-state index contributed by atoms with van der Waals surface area (Å²) in [4.78, 5) is 11.3. The number of aliphatic hydroxyl groups is 1. The van der Waals surface area contributed by atoms with Gasteiger partial charge in [0.15, 0.2) is 0 Å². The fourth-order valence-electron chi connectivity index (χ4n) is 1.08. The van der Waals surface area contributed by atoms with Crippen molar-refractivity contribution < 1.29 is 9.90 Å². The minimum atomic E-state index is -0.355. The van der Waals surface area contributed by atoms with Gasteiger partial charge in [-0.2, -0.15) is 0 Å². The van der Waals surface area contributed by atoms with Crippen LogP contribution in [0.25, 0.3) is 0 Å². The summed E-state index contributed by atoms with van der Waals surface area (Å²) >= 11 is 11.5. The molecule has 16 heavy (non-hydrogen) atoms. The number of benzene rings is 1. The van der Waals surface area contributed by atoms with Crippen molar-refractivity contribution >= 4 is 34.9 Å². The van der Waals surface area contributed by atoms with Crippen molar-refractivity contribution in [2.45, 2.75) is 6.42 Å². The maximum Gasteiger partial charge on any atom is 0.319 e. The monoisotopic (exact) mass is 262 g/mol. The summed E-state index contributed by atoms with van der Waals surface area (Å²) in [6.07, 6.45) is 0.518. The second-order valence-corrected chi connectivity index (χ2v) is 3.99. The molecule has 0 aromatic heterocycles. The van der Waals surface area contributed by atoms with Crippen LogP contribution in [0.2, 0.25) is 10.0 Å². The second-order valence-electron chi connectivity index (χ2n) is 3.12. The molecule has 1 aromatic carbocycles. The molecule has 0 unspecified atom stereocenters. The fourth-order valence-corrected chi connectivity index (χ4v) is 1.61. The van der Waals surface area contributed by atoms with Gasteiger partial charge in [0.2, 0.25) is 0 Å². The van der Waals surface area contributed by atoms with E-state index in [-0.39, 0.29) is 12.6 Å². The molecule has 0 atom stereocenters. The molecule has 0 bridgehead atoms. The molecule has 88 valence electrons. The molecule has 0 aliphatic carbocycles. The SMILES string of the molecule is O=C(NCCCO)Nc1cc(Cl)cc(Cl)c1. The first-order valence-corrected chi connectivity index (χ1v) is 5.49. The van der Waals surface area contributed by atoms with E-state index < -0.39 is 0 Å². The maximum absolute atomic E-state index is 11.3. The molecule has 4 nitrogen and oxygen atoms in total. The zero-order chi connectivity index (χ0) is 12.0. The van der Waals surface area contributed by atoms with Gasteiger partial charge >= 0.3 is 6.03 Å². The topological polar surface area (TPSA) is 61.4 Å². The first-order chi connectivity index (χ1) is 7.61. The van der Waals surface area contributed by atoms with Crippen LogP contribution < -0.4 is 10.6 Å². The van der Waals surface area contributed by atoms with Crippen LogP contribution >= 0.6 is 23.2 Å². The molecule has 1 rings (SSSR count). The molecule has 0 radical (unpaired) electrons. The van der Waals surface area contributed by atoms with Gasteiger partial charge in [0.1, 0.15) is 0 Å². The third-order valence-electron chi connectivity index (χ3n) is 1.74. The molecule has 0 aliphatic heterocycles. The average molecular weight is 263 g/mol. The molecule has 2 amide bonds. The predicted octanol–water partition coefficient (Wildman–Crippen LogP) is 2.50. The second kappa shape index (κ2) is 6.58. The largest absolute Gasteiger partial charge is 0.396 e. The van der Waals surface area contributed by atoms with Gasteiger partial charge in [0.05, 0.1) is 0 Å². The highest BCUT2D eigenvalue weighted by atomic mass is 35.5. The fraction of sp³-hybridized carbons (Fsp3) is 0.300. The van der Waals surface area contributed by atoms with Crippen LogP contribution in [0.5, 0.6) is 0 Å². The number of anilines is 1. The number of amides is 2. The van der Waals surface area contributed by atoms with E-state index in [0.717, 1.165) is 0 Å². The van der Waals surface area contributed by atoms with Gasteiger partial charge in [-0.05, 0) is 24.6 Å². The summed E-state index contributed by atoms with van der Waals surface area (Å²) in [6.45, 7) is 0.458. The van der Waals surface area contributed by atoms with Crippen LogP contribution in [-0.4, -0.2) is 24.3 Å². The van der Waals surface area contributed by atoms with E-state index >= 15 is 0 Å². The molecular formula is C10H12Cl2N2O2. The minimum absolute atomic E-state index is 0.0449. The number of aliphatic hydroxyl groups excluding tert-OH is 1. The lowest BCUT2D eigenvalue weighted by atomic mass is 10.3. The van der Waals surface area contributed by atoms with Gasteiger partial charge in [-0.25, -0.2) is 4.79 Å². The van der Waals surface area contributed by atoms with Crippen molar-refractivity contribution in [3.63, 3.8) is 0 Å². The summed E-state index contributed by atoms with van der Waals surface area (Å²) in [5, 5.41) is 14.6. The van der Waals surface area contributed by atoms with Crippen LogP contribution in [0.1, 0.15) is 6.42 Å². The van der Waals surface area contributed by atoms with E-state index in [1.165, 1.54) is 0 Å². The molecule has 6 heteroatoms. The van der Waals surface area contributed by atoms with Crippen molar-refractivity contribution in [1.82, 2.24) is 5.32 Å². The Bertz CT molecular complexity index is 352. The third-order valence-corrected chi connectivity index (χ3v) is 2.18. The van der Waals surface area contributed by atoms with E-state index in [1.54, 1.807) is 18.2 Å². The number of hydrogen-bond acceptors (Lipinski definition) is 2. The summed E-state index contributed by atoms with van der Waals surface area (Å²) < 4.78 is 0. The molecular weight excluding hydrogens is 251 g/mol. The highest BCUT2D eigenvalue weighted by molar-refractivity contribution is 6.35. The first kappa shape index (κ1) is 13.1. The predicted molar refractivity (Wildman–Crippen MR) is 65.2 cm³/mol. The molecule has 0 fully saturated rings. The smallest absolute Gasteiger partial charge is 0.319 e. The van der Waals surface area contributed by atoms with E-state index in [1.807, 2.05) is 0 Å². The summed E-state index contributed by atoms with van der Waals surface area (Å²) in [7, 11) is 0. The van der Waals surface area contributed by atoms with E-state index in [0.29, 0.717) is 28.7 Å². The van der Waals surface area contributed by atoms with E-state index in [4.69, 9.17) is 28.3 Å². The van der Waals surface area contributed by atoms with Crippen molar-refractivity contribution in [2.75, 3.05) is 18.5 Å². The standard InChI is InChI=1S/C10H12Cl2N2O2/c11-7-4-8(12)6-9(5-7)14-10(16)13-2-1-3-15/h4-6,15H,1-3H2,(H2,13,14,16). The van der Waals surface area contributed by atoms with E-state index in [9.17, 15) is 4.79 Å². The van der Waals surface area contributed by atoms with Gasteiger partial charge in [-0.3, -0.25) is 0 Å². The Hall–Kier alpha value is -0.970. The number of carbonyl (C=O) groups is 1. The first-order valence-electron chi connectivity index (χ1n) is 4.73. The number of hydrogen-bond donors (Lipinski definition) is 3. The Morgan fingerprint density at radius 1 is 1.25 bits per heavy atom. The van der Waals surface area contributed by atoms with Gasteiger partial charge < -0.3 is 15.7 Å². The Balaban J connectivity index is 2.49. The lowest BCUT2D eigenvalue weighted by molar-refractivity contribution is 0.249. The van der Waals surface area contributed by atoms with Crippen molar-refractivity contribution in [3.05, 3.63) is 28.2 Å². The van der Waals surface area contributed by atoms with Gasteiger partial charge in [-0.15, -0.1) is 0 Å². The highest BCUT2D eigenvalue weighted by Gasteiger charge is 2.02. The lowest BCUT2D eigenvalue weighted by Crippen LogP contribution is -2.29. The Kier molecular flexibility index (Phi) is 5.38. The number of nitrogens with one attached hydrogen (secondary N) is 2. The summed E-state index contributed by atoms with van der Waals surface area (Å²) in [5.41, 5.74) is 0.527. The Morgan fingerprint density at radius 2 is 1.88 bits per heavy atom. The molecule has 0 saturated heterocycles. The summed E-state index contributed by atoms with van der Waals surface area (Å²) in [5.74, 6) is 0. The molecule has 0 saturated carbocycles. The number of rotatable bonds is 4. The van der Waals surface area contributed by atoms with E-state index in [2.05, 4.69) is 10.6 Å². The van der Waals surface area contributed by atoms with Crippen LogP contribution in [-0.2, 0) is 0 Å². The third kappa shape index (κ3) is 4.70. The van der Waals surface area contributed by atoms with Crippen LogP contribution in [0.4, 0.5) is 10.5 Å². The Morgan fingerprint density at radius 3 is 2.44 bits per heavy atom. The van der Waals surface area contributed by atoms with Crippen LogP contribution in [0.15, 0.2) is 18.2 Å². The normalized spacial score (nSPS) is 9.94. The lowest BCUT2D eigenvalue weighted by Gasteiger charge is -2.07. The average Bonchev–Trinajstić information content (AvgIpc) is 2.16. The highest BCUT2D eigenvalue weighted by Crippen LogP contribution is 2.22. The molecule has 3 N–H and O–H groups in total. The van der Waals surface area contributed by atoms with Gasteiger partial charge in [-0.1, -0.05) is 23.2 Å². The molecule has 1 aromatic rings. The molecule has 0 aliphatic rings. The van der Waals surface area contributed by atoms with Gasteiger partial charge in [0, 0.05) is 28.9 Å². The van der Waals surface area contributed by atoms with Gasteiger partial charge in [0.25, 0.3) is 0 Å². The number of carbonyl (C=O) groups excluding carboxylic acids is 1. The number of urea groups is 1. The van der Waals surface area contributed by atoms with Crippen molar-refractivity contribution in [1.29, 1.82) is 0 Å². The minimum Gasteiger partial charge on any atom is -0.396 e. The quantitative estimate of drug-likeness (QED) is 0.731. The maximum atomic E-state index is 11.3.